The molecule has 0 aromatic heterocycles. The minimum absolute atomic E-state index is 0.0305. The lowest BCUT2D eigenvalue weighted by atomic mass is 10.2. The minimum Gasteiger partial charge on any atom is -0.324 e. The summed E-state index contributed by atoms with van der Waals surface area (Å²) in [7, 11) is 0. The van der Waals surface area contributed by atoms with Gasteiger partial charge in [0.25, 0.3) is 5.91 Å². The number of hydrogen-bond donors (Lipinski definition) is 2. The fourth-order valence-electron chi connectivity index (χ4n) is 1.72. The SMILES string of the molecule is CC(=O)Nc1cc(NC(=O)c2cccc(I)c2)ccc1F. The molecule has 108 valence electrons. The maximum absolute atomic E-state index is 13.5. The van der Waals surface area contributed by atoms with E-state index in [-0.39, 0.29) is 17.5 Å². The molecule has 2 rings (SSSR count). The van der Waals surface area contributed by atoms with E-state index in [2.05, 4.69) is 33.2 Å². The second kappa shape index (κ2) is 6.66. The Bertz CT molecular complexity index is 704. The first-order valence-electron chi connectivity index (χ1n) is 6.10. The molecular formula is C15H12FIN2O2. The standard InChI is InChI=1S/C15H12FIN2O2/c1-9(20)18-14-8-12(5-6-13(14)16)19-15(21)10-3-2-4-11(17)7-10/h2-8H,1H3,(H,18,20)(H,19,21). The Hall–Kier alpha value is -1.96. The number of hydrogen-bond acceptors (Lipinski definition) is 2. The highest BCUT2D eigenvalue weighted by atomic mass is 127. The largest absolute Gasteiger partial charge is 0.324 e. The Morgan fingerprint density at radius 1 is 1.10 bits per heavy atom. The van der Waals surface area contributed by atoms with E-state index in [1.54, 1.807) is 18.2 Å². The first-order valence-corrected chi connectivity index (χ1v) is 7.17. The molecule has 0 saturated carbocycles. The second-order valence-corrected chi connectivity index (χ2v) is 5.59. The van der Waals surface area contributed by atoms with Gasteiger partial charge in [0, 0.05) is 21.7 Å². The lowest BCUT2D eigenvalue weighted by molar-refractivity contribution is -0.114. The van der Waals surface area contributed by atoms with Gasteiger partial charge in [0.05, 0.1) is 5.69 Å². The molecule has 0 fully saturated rings. The lowest BCUT2D eigenvalue weighted by Crippen LogP contribution is -2.13. The smallest absolute Gasteiger partial charge is 0.255 e. The van der Waals surface area contributed by atoms with Gasteiger partial charge in [0.2, 0.25) is 5.91 Å². The van der Waals surface area contributed by atoms with Gasteiger partial charge in [0.1, 0.15) is 5.82 Å². The van der Waals surface area contributed by atoms with Crippen molar-refractivity contribution >= 4 is 45.8 Å². The van der Waals surface area contributed by atoms with Crippen LogP contribution in [0, 0.1) is 9.39 Å². The Balaban J connectivity index is 2.19. The van der Waals surface area contributed by atoms with Gasteiger partial charge >= 0.3 is 0 Å². The predicted molar refractivity (Wildman–Crippen MR) is 87.8 cm³/mol. The molecule has 2 aromatic rings. The average molecular weight is 398 g/mol. The Morgan fingerprint density at radius 2 is 1.86 bits per heavy atom. The van der Waals surface area contributed by atoms with E-state index in [0.29, 0.717) is 11.3 Å². The van der Waals surface area contributed by atoms with Crippen LogP contribution in [-0.4, -0.2) is 11.8 Å². The van der Waals surface area contributed by atoms with Gasteiger partial charge in [-0.1, -0.05) is 6.07 Å². The molecule has 0 heterocycles. The van der Waals surface area contributed by atoms with Gasteiger partial charge in [-0.2, -0.15) is 0 Å². The quantitative estimate of drug-likeness (QED) is 0.776. The van der Waals surface area contributed by atoms with Crippen molar-refractivity contribution in [3.05, 3.63) is 57.4 Å². The van der Waals surface area contributed by atoms with E-state index < -0.39 is 5.82 Å². The zero-order valence-corrected chi connectivity index (χ0v) is 13.3. The molecule has 2 amide bonds. The van der Waals surface area contributed by atoms with Crippen molar-refractivity contribution in [2.75, 3.05) is 10.6 Å². The summed E-state index contributed by atoms with van der Waals surface area (Å²) in [5.74, 6) is -1.23. The van der Waals surface area contributed by atoms with Crippen LogP contribution in [0.2, 0.25) is 0 Å². The molecule has 4 nitrogen and oxygen atoms in total. The normalized spacial score (nSPS) is 10.0. The zero-order valence-electron chi connectivity index (χ0n) is 11.1. The second-order valence-electron chi connectivity index (χ2n) is 4.34. The third-order valence-corrected chi connectivity index (χ3v) is 3.29. The Morgan fingerprint density at radius 3 is 2.52 bits per heavy atom. The number of carbonyl (C=O) groups excluding carboxylic acids is 2. The number of nitrogens with one attached hydrogen (secondary N) is 2. The Kier molecular flexibility index (Phi) is 4.89. The molecule has 0 aliphatic rings. The number of carbonyl (C=O) groups is 2. The molecule has 0 aliphatic carbocycles. The number of amides is 2. The summed E-state index contributed by atoms with van der Waals surface area (Å²) < 4.78 is 14.5. The number of anilines is 2. The minimum atomic E-state index is -0.558. The summed E-state index contributed by atoms with van der Waals surface area (Å²) in [6, 6.07) is 11.1. The molecule has 0 spiro atoms. The van der Waals surface area contributed by atoms with Crippen molar-refractivity contribution in [3.63, 3.8) is 0 Å². The first kappa shape index (κ1) is 15.4. The van der Waals surface area contributed by atoms with E-state index in [9.17, 15) is 14.0 Å². The molecule has 0 unspecified atom stereocenters. The van der Waals surface area contributed by atoms with Gasteiger partial charge < -0.3 is 10.6 Å². The highest BCUT2D eigenvalue weighted by Gasteiger charge is 2.09. The van der Waals surface area contributed by atoms with Crippen LogP contribution < -0.4 is 10.6 Å². The fourth-order valence-corrected chi connectivity index (χ4v) is 2.26. The third kappa shape index (κ3) is 4.25. The van der Waals surface area contributed by atoms with Crippen LogP contribution in [-0.2, 0) is 4.79 Å². The van der Waals surface area contributed by atoms with Gasteiger partial charge in [-0.05, 0) is 59.0 Å². The van der Waals surface area contributed by atoms with Crippen LogP contribution in [0.25, 0.3) is 0 Å². The summed E-state index contributed by atoms with van der Waals surface area (Å²) in [6.45, 7) is 1.29. The highest BCUT2D eigenvalue weighted by molar-refractivity contribution is 14.1. The zero-order chi connectivity index (χ0) is 15.4. The molecule has 21 heavy (non-hydrogen) atoms. The van der Waals surface area contributed by atoms with Crippen molar-refractivity contribution < 1.29 is 14.0 Å². The van der Waals surface area contributed by atoms with Crippen molar-refractivity contribution in [1.29, 1.82) is 0 Å². The van der Waals surface area contributed by atoms with E-state index in [0.717, 1.165) is 3.57 Å². The average Bonchev–Trinajstić information content (AvgIpc) is 2.42. The van der Waals surface area contributed by atoms with E-state index in [4.69, 9.17) is 0 Å². The van der Waals surface area contributed by atoms with Gasteiger partial charge in [-0.15, -0.1) is 0 Å². The van der Waals surface area contributed by atoms with Crippen LogP contribution in [0.1, 0.15) is 17.3 Å². The van der Waals surface area contributed by atoms with Crippen LogP contribution in [0.3, 0.4) is 0 Å². The molecule has 0 radical (unpaired) electrons. The fraction of sp³-hybridized carbons (Fsp3) is 0.0667. The van der Waals surface area contributed by atoms with Crippen LogP contribution in [0.5, 0.6) is 0 Å². The molecule has 6 heteroatoms. The van der Waals surface area contributed by atoms with Crippen molar-refractivity contribution in [3.8, 4) is 0 Å². The molecule has 0 atom stereocenters. The monoisotopic (exact) mass is 398 g/mol. The van der Waals surface area contributed by atoms with Crippen molar-refractivity contribution in [1.82, 2.24) is 0 Å². The van der Waals surface area contributed by atoms with E-state index >= 15 is 0 Å². The lowest BCUT2D eigenvalue weighted by Gasteiger charge is -2.09. The van der Waals surface area contributed by atoms with Gasteiger partial charge in [0.15, 0.2) is 0 Å². The van der Waals surface area contributed by atoms with Gasteiger partial charge in [-0.25, -0.2) is 4.39 Å². The van der Waals surface area contributed by atoms with E-state index in [1.165, 1.54) is 25.1 Å². The van der Waals surface area contributed by atoms with Crippen LogP contribution in [0.4, 0.5) is 15.8 Å². The summed E-state index contributed by atoms with van der Waals surface area (Å²) in [6.07, 6.45) is 0. The van der Waals surface area contributed by atoms with E-state index in [1.807, 2.05) is 6.07 Å². The Labute approximate surface area is 134 Å². The summed E-state index contributed by atoms with van der Waals surface area (Å²) in [5, 5.41) is 5.04. The van der Waals surface area contributed by atoms with Crippen molar-refractivity contribution in [2.45, 2.75) is 6.92 Å². The van der Waals surface area contributed by atoms with Gasteiger partial charge in [-0.3, -0.25) is 9.59 Å². The molecular weight excluding hydrogens is 386 g/mol. The maximum atomic E-state index is 13.5. The third-order valence-electron chi connectivity index (χ3n) is 2.62. The predicted octanol–water partition coefficient (Wildman–Crippen LogP) is 3.64. The summed E-state index contributed by atoms with van der Waals surface area (Å²) in [4.78, 5) is 23.1. The highest BCUT2D eigenvalue weighted by Crippen LogP contribution is 2.20. The summed E-state index contributed by atoms with van der Waals surface area (Å²) >= 11 is 2.12. The van der Waals surface area contributed by atoms with Crippen LogP contribution in [0.15, 0.2) is 42.5 Å². The number of rotatable bonds is 3. The maximum Gasteiger partial charge on any atom is 0.255 e. The molecule has 2 N–H and O–H groups in total. The molecule has 0 saturated heterocycles. The molecule has 0 bridgehead atoms. The van der Waals surface area contributed by atoms with Crippen LogP contribution >= 0.6 is 22.6 Å². The van der Waals surface area contributed by atoms with Crippen molar-refractivity contribution in [2.24, 2.45) is 0 Å². The topological polar surface area (TPSA) is 58.2 Å². The summed E-state index contributed by atoms with van der Waals surface area (Å²) in [5.41, 5.74) is 0.944. The number of benzene rings is 2. The number of halogens is 2. The first-order chi connectivity index (χ1) is 9.95. The molecule has 0 aliphatic heterocycles. The molecule has 2 aromatic carbocycles.